The van der Waals surface area contributed by atoms with Gasteiger partial charge in [0.25, 0.3) is 0 Å². The van der Waals surface area contributed by atoms with Crippen LogP contribution in [0.4, 0.5) is 5.69 Å². The van der Waals surface area contributed by atoms with Crippen LogP contribution in [-0.4, -0.2) is 67.9 Å². The van der Waals surface area contributed by atoms with E-state index in [4.69, 9.17) is 11.6 Å². The number of hydrogen-bond acceptors (Lipinski definition) is 14. The van der Waals surface area contributed by atoms with Gasteiger partial charge in [0.1, 0.15) is 5.15 Å². The number of aryl methyl sites for hydroxylation is 4. The molecule has 754 valence electrons. The molecule has 2 aliphatic heterocycles. The third-order valence-electron chi connectivity index (χ3n) is 25.4. The van der Waals surface area contributed by atoms with Gasteiger partial charge < -0.3 is 15.8 Å². The molecule has 0 bridgehead atoms. The quantitative estimate of drug-likeness (QED) is 0.0629. The molecule has 11 aromatic heterocycles. The Morgan fingerprint density at radius 3 is 1.35 bits per heavy atom. The average Bonchev–Trinajstić information content (AvgIpc) is 0.841. The van der Waals surface area contributed by atoms with Crippen molar-refractivity contribution in [1.29, 1.82) is 0 Å². The largest absolute Gasteiger partial charge is 0.619 e. The SMILES string of the molecule is CC(C)C1CNCc2ccccc21.CC(C)[C@@H]1CCCc2ncccc21.CC(C)[C@H]1CCCc2ncccc21.CC(C)c1ccc[n+]([O-])c1.CC(C)c1cccc2c1CCCN2.CC(C)c1ccccn1.CC(C)c1cccnc1.CC(C)c1cccnc1Cl.CC(C)c1ccncc1.CC(C)c1cnc2ccccc2c1.CC(C)c1cnccn1.Cc1ccc(C(C)C)cn1.Cc1ccncc1C(C)C. The van der Waals surface area contributed by atoms with Gasteiger partial charge in [0.2, 0.25) is 0 Å². The summed E-state index contributed by atoms with van der Waals surface area (Å²) in [6, 6.07) is 62.5. The lowest BCUT2D eigenvalue weighted by atomic mass is 9.79. The van der Waals surface area contributed by atoms with Gasteiger partial charge in [-0.15, -0.1) is 0 Å². The third kappa shape index (κ3) is 43.0. The zero-order valence-corrected chi connectivity index (χ0v) is 91.6. The highest BCUT2D eigenvalue weighted by Gasteiger charge is 2.26. The van der Waals surface area contributed by atoms with Gasteiger partial charge in [-0.3, -0.25) is 49.8 Å². The van der Waals surface area contributed by atoms with E-state index in [0.29, 0.717) is 70.3 Å². The number of nitrogens with one attached hydrogen (secondary N) is 2. The predicted molar refractivity (Wildman–Crippen MR) is 598 cm³/mol. The van der Waals surface area contributed by atoms with Gasteiger partial charge in [-0.1, -0.05) is 283 Å². The Morgan fingerprint density at radius 2 is 0.865 bits per heavy atom. The van der Waals surface area contributed by atoms with Crippen molar-refractivity contribution in [3.8, 4) is 0 Å². The summed E-state index contributed by atoms with van der Waals surface area (Å²) in [5.74, 6) is 9.95. The Morgan fingerprint density at radius 1 is 0.348 bits per heavy atom. The maximum atomic E-state index is 10.7. The lowest BCUT2D eigenvalue weighted by Crippen LogP contribution is -2.30. The fraction of sp³-hybridized carbons (Fsp3) is 0.440. The molecule has 13 heterocycles. The van der Waals surface area contributed by atoms with Crippen LogP contribution in [0.5, 0.6) is 0 Å². The molecular weight excluding hydrogens is 1750 g/mol. The lowest BCUT2D eigenvalue weighted by molar-refractivity contribution is -0.605. The minimum atomic E-state index is 0.432. The molecule has 0 radical (unpaired) electrons. The van der Waals surface area contributed by atoms with Crippen LogP contribution in [0.2, 0.25) is 5.15 Å². The second-order valence-electron chi connectivity index (χ2n) is 41.0. The highest BCUT2D eigenvalue weighted by atomic mass is 35.5. The van der Waals surface area contributed by atoms with E-state index in [1.165, 1.54) is 136 Å². The number of aromatic nitrogens is 12. The van der Waals surface area contributed by atoms with E-state index in [9.17, 15) is 5.21 Å². The molecule has 0 fully saturated rings. The Kier molecular flexibility index (Phi) is 54.2. The number of rotatable bonds is 13. The number of halogens is 1. The Labute approximate surface area is 856 Å². The lowest BCUT2D eigenvalue weighted by Gasteiger charge is -2.29. The molecule has 2 aliphatic carbocycles. The molecule has 3 aromatic carbocycles. The van der Waals surface area contributed by atoms with Crippen LogP contribution in [-0.2, 0) is 25.8 Å². The fourth-order valence-corrected chi connectivity index (χ4v) is 16.9. The van der Waals surface area contributed by atoms with E-state index in [1.807, 2.05) is 142 Å². The van der Waals surface area contributed by atoms with Crippen LogP contribution in [0.3, 0.4) is 0 Å². The van der Waals surface area contributed by atoms with E-state index in [0.717, 1.165) is 87.7 Å². The second kappa shape index (κ2) is 64.7. The van der Waals surface area contributed by atoms with Gasteiger partial charge in [-0.2, -0.15) is 4.73 Å². The minimum absolute atomic E-state index is 0.432. The highest BCUT2D eigenvalue weighted by molar-refractivity contribution is 6.30. The first kappa shape index (κ1) is 118. The van der Waals surface area contributed by atoms with E-state index in [2.05, 4.69) is 356 Å². The number of nitrogens with zero attached hydrogens (tertiary/aromatic N) is 12. The van der Waals surface area contributed by atoms with Crippen LogP contribution in [0.15, 0.2) is 287 Å². The number of pyridine rings is 10. The zero-order valence-electron chi connectivity index (χ0n) is 90.8. The summed E-state index contributed by atoms with van der Waals surface area (Å²) in [5, 5.41) is 19.5. The average molecular weight is 1920 g/mol. The van der Waals surface area contributed by atoms with E-state index in [1.54, 1.807) is 54.4 Å². The molecule has 18 rings (SSSR count). The molecule has 1 unspecified atom stereocenters. The molecule has 0 spiro atoms. The van der Waals surface area contributed by atoms with Crippen molar-refractivity contribution >= 4 is 28.2 Å². The molecule has 14 aromatic rings. The van der Waals surface area contributed by atoms with Gasteiger partial charge in [0.05, 0.1) is 11.2 Å². The van der Waals surface area contributed by atoms with Crippen molar-refractivity contribution in [2.75, 3.05) is 18.4 Å². The van der Waals surface area contributed by atoms with Crippen LogP contribution in [0.1, 0.15) is 395 Å². The van der Waals surface area contributed by atoms with Gasteiger partial charge in [0, 0.05) is 158 Å². The first-order valence-corrected chi connectivity index (χ1v) is 52.3. The summed E-state index contributed by atoms with van der Waals surface area (Å²) in [5.41, 5.74) is 27.7. The molecule has 4 aliphatic rings. The van der Waals surface area contributed by atoms with Gasteiger partial charge >= 0.3 is 0 Å². The normalized spacial score (nSPS) is 13.9. The standard InChI is InChI=1S/3C12H17N.C12H13N.C12H17N.2C9H13N.C8H10ClN.C8H11NO.3C8H11N.C7H10N2/c3*1-9(2)10-5-3-7-12-11(10)6-4-8-13-12;1-9(2)11-7-10-5-3-4-6-12(10)13-8-11;1-9(2)12-8-13-7-10-5-3-4-6-11(10)12;1-7(2)9-6-10-5-4-8(9)3;1-7(2)9-5-4-8(3)10-6-9;1-6(2)7-4-3-5-10-8(7)9;1-7(2)8-4-3-5-9(10)6-8;1-7(2)8-3-5-9-6-4-8;1-7(2)8-4-3-5-9-6-8;1-7(2)8-5-3-4-6-9-8;1-6(2)7-5-8-3-4-9-7/h2*4,6,8-10H,3,5,7H2,1-2H3;3,5,7,9,13H,4,6,8H2,1-2H3;3-9H,1-2H3;3-6,9,12-13H,7-8H2,1-2H3;2*4-7H,1-3H3;3-6H,1-2H3;3-7H,1-2H3;3*3-7H,1-2H3;3-6H,1-2H3/t2*10-;;;;;;;;;;;/m10.........../s1. The summed E-state index contributed by atoms with van der Waals surface area (Å²) in [6.45, 7) is 64.4. The summed E-state index contributed by atoms with van der Waals surface area (Å²) in [6.07, 6.45) is 40.9. The Bertz CT molecular complexity index is 5340. The zero-order chi connectivity index (χ0) is 103. The summed E-state index contributed by atoms with van der Waals surface area (Å²) in [4.78, 5) is 45.7. The third-order valence-corrected chi connectivity index (χ3v) is 25.8. The maximum Gasteiger partial charge on any atom is 0.183 e. The molecule has 16 heteroatoms. The smallest absolute Gasteiger partial charge is 0.183 e. The van der Waals surface area contributed by atoms with Gasteiger partial charge in [-0.25, -0.2) is 4.98 Å². The van der Waals surface area contributed by atoms with E-state index >= 15 is 0 Å². The molecule has 0 saturated carbocycles. The first-order chi connectivity index (χ1) is 67.5. The second-order valence-corrected chi connectivity index (χ2v) is 41.3. The number of anilines is 1. The van der Waals surface area contributed by atoms with Crippen LogP contribution < -0.4 is 15.4 Å². The summed E-state index contributed by atoms with van der Waals surface area (Å²) < 4.78 is 0.829. The van der Waals surface area contributed by atoms with Crippen molar-refractivity contribution in [3.05, 3.63) is 404 Å². The summed E-state index contributed by atoms with van der Waals surface area (Å²) >= 11 is 5.81. The number of benzene rings is 3. The Balaban J connectivity index is 0.000000235. The minimum Gasteiger partial charge on any atom is -0.619 e. The predicted octanol–water partition coefficient (Wildman–Crippen LogP) is 32.9. The van der Waals surface area contributed by atoms with Crippen molar-refractivity contribution in [3.63, 3.8) is 0 Å². The van der Waals surface area contributed by atoms with Crippen molar-refractivity contribution < 1.29 is 4.73 Å². The first-order valence-electron chi connectivity index (χ1n) is 51.9. The molecule has 141 heavy (non-hydrogen) atoms. The highest BCUT2D eigenvalue weighted by Crippen LogP contribution is 2.38. The van der Waals surface area contributed by atoms with Crippen molar-refractivity contribution in [2.24, 2.45) is 17.8 Å². The molecule has 3 atom stereocenters. The van der Waals surface area contributed by atoms with Crippen LogP contribution in [0.25, 0.3) is 10.9 Å². The Hall–Kier alpha value is -11.7. The van der Waals surface area contributed by atoms with Crippen LogP contribution >= 0.6 is 11.6 Å². The summed E-state index contributed by atoms with van der Waals surface area (Å²) in [7, 11) is 0. The van der Waals surface area contributed by atoms with Crippen molar-refractivity contribution in [2.45, 2.75) is 329 Å². The fourth-order valence-electron chi connectivity index (χ4n) is 16.6. The maximum absolute atomic E-state index is 10.7. The number of fused-ring (bicyclic) bond motifs is 5. The van der Waals surface area contributed by atoms with Crippen molar-refractivity contribution in [1.82, 2.24) is 60.1 Å². The topological polar surface area (TPSA) is 193 Å². The van der Waals surface area contributed by atoms with Gasteiger partial charge in [0.15, 0.2) is 12.4 Å². The van der Waals surface area contributed by atoms with E-state index in [-0.39, 0.29) is 0 Å². The number of para-hydroxylation sites is 1. The molecule has 2 N–H and O–H groups in total. The number of hydrogen-bond donors (Lipinski definition) is 2. The van der Waals surface area contributed by atoms with E-state index < -0.39 is 0 Å². The molecule has 0 saturated heterocycles. The van der Waals surface area contributed by atoms with Gasteiger partial charge in [-0.05, 0) is 317 Å². The van der Waals surface area contributed by atoms with Crippen LogP contribution in [0, 0.1) is 36.8 Å². The molecular formula is C125H171ClN14O. The molecule has 0 amide bonds. The monoisotopic (exact) mass is 1920 g/mol. The molecule has 15 nitrogen and oxygen atoms in total.